The van der Waals surface area contributed by atoms with E-state index < -0.39 is 0 Å². The summed E-state index contributed by atoms with van der Waals surface area (Å²) in [6.07, 6.45) is 8.67. The molecule has 1 atom stereocenters. The molecule has 1 aliphatic heterocycles. The Kier molecular flexibility index (Phi) is 4.83. The molecule has 0 aromatic rings. The van der Waals surface area contributed by atoms with E-state index in [9.17, 15) is 0 Å². The number of hydrogen-bond acceptors (Lipinski definition) is 2. The lowest BCUT2D eigenvalue weighted by Crippen LogP contribution is -2.34. The van der Waals surface area contributed by atoms with Gasteiger partial charge in [0.05, 0.1) is 0 Å². The van der Waals surface area contributed by atoms with Crippen LogP contribution in [0.5, 0.6) is 0 Å². The van der Waals surface area contributed by atoms with Crippen LogP contribution in [0.1, 0.15) is 45.4 Å². The third-order valence-electron chi connectivity index (χ3n) is 3.78. The second kappa shape index (κ2) is 6.15. The quantitative estimate of drug-likeness (QED) is 0.747. The molecule has 0 amide bonds. The van der Waals surface area contributed by atoms with E-state index in [1.165, 1.54) is 56.6 Å². The van der Waals surface area contributed by atoms with Gasteiger partial charge in [0.15, 0.2) is 0 Å². The van der Waals surface area contributed by atoms with Crippen molar-refractivity contribution < 1.29 is 0 Å². The van der Waals surface area contributed by atoms with Gasteiger partial charge in [-0.25, -0.2) is 0 Å². The summed E-state index contributed by atoms with van der Waals surface area (Å²) < 4.78 is 0. The number of rotatable bonds is 6. The molecule has 1 saturated carbocycles. The van der Waals surface area contributed by atoms with Crippen LogP contribution < -0.4 is 5.32 Å². The first-order valence-corrected chi connectivity index (χ1v) is 7.86. The highest BCUT2D eigenvalue weighted by Crippen LogP contribution is 2.37. The molecule has 2 heteroatoms. The Morgan fingerprint density at radius 3 is 2.53 bits per heavy atom. The fourth-order valence-electron chi connectivity index (χ4n) is 2.61. The Labute approximate surface area is 98.8 Å². The van der Waals surface area contributed by atoms with Crippen LogP contribution in [0.3, 0.4) is 0 Å². The molecule has 1 nitrogen and oxygen atoms in total. The molecule has 1 aliphatic carbocycles. The first kappa shape index (κ1) is 11.8. The van der Waals surface area contributed by atoms with Crippen molar-refractivity contribution >= 4 is 11.8 Å². The lowest BCUT2D eigenvalue weighted by Gasteiger charge is -2.27. The molecule has 0 radical (unpaired) electrons. The molecule has 0 spiro atoms. The monoisotopic (exact) mass is 227 g/mol. The Hall–Kier alpha value is 0.310. The second-order valence-corrected chi connectivity index (χ2v) is 6.41. The third-order valence-corrected chi connectivity index (χ3v) is 4.82. The fourth-order valence-corrected chi connectivity index (χ4v) is 3.82. The predicted octanol–water partition coefficient (Wildman–Crippen LogP) is 3.30. The van der Waals surface area contributed by atoms with E-state index in [4.69, 9.17) is 0 Å². The smallest absolute Gasteiger partial charge is 0.00979 e. The molecule has 0 bridgehead atoms. The van der Waals surface area contributed by atoms with Gasteiger partial charge < -0.3 is 5.32 Å². The van der Waals surface area contributed by atoms with Gasteiger partial charge in [0.2, 0.25) is 0 Å². The average Bonchev–Trinajstić information content (AvgIpc) is 3.09. The van der Waals surface area contributed by atoms with Gasteiger partial charge in [-0.2, -0.15) is 11.8 Å². The molecule has 15 heavy (non-hydrogen) atoms. The zero-order valence-corrected chi connectivity index (χ0v) is 10.8. The predicted molar refractivity (Wildman–Crippen MR) is 69.5 cm³/mol. The lowest BCUT2D eigenvalue weighted by atomic mass is 9.92. The Morgan fingerprint density at radius 2 is 1.93 bits per heavy atom. The van der Waals surface area contributed by atoms with Crippen LogP contribution in [-0.4, -0.2) is 24.1 Å². The van der Waals surface area contributed by atoms with Crippen LogP contribution in [-0.2, 0) is 0 Å². The average molecular weight is 227 g/mol. The van der Waals surface area contributed by atoms with Crippen LogP contribution in [0.15, 0.2) is 0 Å². The second-order valence-electron chi connectivity index (χ2n) is 5.19. The highest BCUT2D eigenvalue weighted by atomic mass is 32.2. The van der Waals surface area contributed by atoms with E-state index in [0.717, 1.165) is 17.9 Å². The Bertz CT molecular complexity index is 173. The number of hydrogen-bond donors (Lipinski definition) is 1. The molecule has 2 rings (SSSR count). The van der Waals surface area contributed by atoms with Gasteiger partial charge >= 0.3 is 0 Å². The van der Waals surface area contributed by atoms with Gasteiger partial charge in [0.25, 0.3) is 0 Å². The SMILES string of the molecule is CCCNC(CC1CCSCC1)C1CC1. The molecule has 1 heterocycles. The van der Waals surface area contributed by atoms with Crippen LogP contribution >= 0.6 is 11.8 Å². The molecule has 2 aliphatic rings. The number of nitrogens with one attached hydrogen (secondary N) is 1. The van der Waals surface area contributed by atoms with Crippen LogP contribution in [0.25, 0.3) is 0 Å². The van der Waals surface area contributed by atoms with Crippen molar-refractivity contribution in [3.8, 4) is 0 Å². The summed E-state index contributed by atoms with van der Waals surface area (Å²) >= 11 is 2.15. The van der Waals surface area contributed by atoms with Crippen molar-refractivity contribution in [2.45, 2.75) is 51.5 Å². The van der Waals surface area contributed by atoms with E-state index in [1.54, 1.807) is 0 Å². The van der Waals surface area contributed by atoms with Gasteiger partial charge in [0.1, 0.15) is 0 Å². The van der Waals surface area contributed by atoms with Crippen molar-refractivity contribution in [1.82, 2.24) is 5.32 Å². The zero-order valence-electron chi connectivity index (χ0n) is 10.0. The molecule has 0 aromatic heterocycles. The normalized spacial score (nSPS) is 25.4. The van der Waals surface area contributed by atoms with Crippen LogP contribution in [0, 0.1) is 11.8 Å². The summed E-state index contributed by atoms with van der Waals surface area (Å²) in [7, 11) is 0. The number of thioether (sulfide) groups is 1. The van der Waals surface area contributed by atoms with E-state index in [1.807, 2.05) is 0 Å². The first-order valence-electron chi connectivity index (χ1n) is 6.71. The van der Waals surface area contributed by atoms with Crippen molar-refractivity contribution in [2.75, 3.05) is 18.1 Å². The van der Waals surface area contributed by atoms with E-state index >= 15 is 0 Å². The molecule has 88 valence electrons. The van der Waals surface area contributed by atoms with Crippen molar-refractivity contribution in [2.24, 2.45) is 11.8 Å². The van der Waals surface area contributed by atoms with Gasteiger partial charge in [-0.15, -0.1) is 0 Å². The molecule has 1 unspecified atom stereocenters. The standard InChI is InChI=1S/C13H25NS/c1-2-7-14-13(12-3-4-12)10-11-5-8-15-9-6-11/h11-14H,2-10H2,1H3. The highest BCUT2D eigenvalue weighted by Gasteiger charge is 2.32. The minimum absolute atomic E-state index is 0.859. The molecule has 0 aromatic carbocycles. The lowest BCUT2D eigenvalue weighted by molar-refractivity contribution is 0.340. The maximum Gasteiger partial charge on any atom is 0.00979 e. The highest BCUT2D eigenvalue weighted by molar-refractivity contribution is 7.99. The Morgan fingerprint density at radius 1 is 1.20 bits per heavy atom. The van der Waals surface area contributed by atoms with Gasteiger partial charge in [0, 0.05) is 6.04 Å². The minimum atomic E-state index is 0.859. The van der Waals surface area contributed by atoms with Gasteiger partial charge in [-0.3, -0.25) is 0 Å². The van der Waals surface area contributed by atoms with Crippen molar-refractivity contribution in [1.29, 1.82) is 0 Å². The zero-order chi connectivity index (χ0) is 10.5. The summed E-state index contributed by atoms with van der Waals surface area (Å²) in [5, 5.41) is 3.77. The topological polar surface area (TPSA) is 12.0 Å². The molecular formula is C13H25NS. The molecule has 2 fully saturated rings. The summed E-state index contributed by atoms with van der Waals surface area (Å²) in [4.78, 5) is 0. The fraction of sp³-hybridized carbons (Fsp3) is 1.00. The first-order chi connectivity index (χ1) is 7.40. The molecule has 1 N–H and O–H groups in total. The van der Waals surface area contributed by atoms with Crippen LogP contribution in [0.2, 0.25) is 0 Å². The summed E-state index contributed by atoms with van der Waals surface area (Å²) in [5.74, 6) is 4.89. The summed E-state index contributed by atoms with van der Waals surface area (Å²) in [6.45, 7) is 3.50. The van der Waals surface area contributed by atoms with E-state index in [-0.39, 0.29) is 0 Å². The maximum absolute atomic E-state index is 3.77. The van der Waals surface area contributed by atoms with Crippen LogP contribution in [0.4, 0.5) is 0 Å². The largest absolute Gasteiger partial charge is 0.314 e. The van der Waals surface area contributed by atoms with Crippen molar-refractivity contribution in [3.63, 3.8) is 0 Å². The Balaban J connectivity index is 1.72. The van der Waals surface area contributed by atoms with Gasteiger partial charge in [-0.05, 0) is 68.4 Å². The van der Waals surface area contributed by atoms with E-state index in [2.05, 4.69) is 24.0 Å². The van der Waals surface area contributed by atoms with Gasteiger partial charge in [-0.1, -0.05) is 6.92 Å². The van der Waals surface area contributed by atoms with E-state index in [0.29, 0.717) is 0 Å². The maximum atomic E-state index is 3.77. The minimum Gasteiger partial charge on any atom is -0.314 e. The summed E-state index contributed by atoms with van der Waals surface area (Å²) in [6, 6.07) is 0.859. The third kappa shape index (κ3) is 3.99. The molecular weight excluding hydrogens is 202 g/mol. The van der Waals surface area contributed by atoms with Crippen molar-refractivity contribution in [3.05, 3.63) is 0 Å². The summed E-state index contributed by atoms with van der Waals surface area (Å²) in [5.41, 5.74) is 0. The molecule has 1 saturated heterocycles.